The molecule has 0 radical (unpaired) electrons. The van der Waals surface area contributed by atoms with Crippen molar-refractivity contribution in [3.63, 3.8) is 0 Å². The summed E-state index contributed by atoms with van der Waals surface area (Å²) in [7, 11) is 0. The van der Waals surface area contributed by atoms with Gasteiger partial charge in [0.1, 0.15) is 11.8 Å². The molecule has 0 saturated heterocycles. The lowest BCUT2D eigenvalue weighted by molar-refractivity contribution is 0.532. The first kappa shape index (κ1) is 11.7. The summed E-state index contributed by atoms with van der Waals surface area (Å²) in [6, 6.07) is 8.76. The van der Waals surface area contributed by atoms with Crippen molar-refractivity contribution >= 4 is 11.0 Å². The van der Waals surface area contributed by atoms with Gasteiger partial charge in [0.25, 0.3) is 5.89 Å². The van der Waals surface area contributed by atoms with E-state index in [0.29, 0.717) is 17.7 Å². The number of aryl methyl sites for hydroxylation is 1. The van der Waals surface area contributed by atoms with Crippen molar-refractivity contribution in [1.29, 1.82) is 0 Å². The summed E-state index contributed by atoms with van der Waals surface area (Å²) < 4.78 is 11.3. The molecule has 0 unspecified atom stereocenters. The number of hydrogen-bond donors (Lipinski definition) is 1. The van der Waals surface area contributed by atoms with Gasteiger partial charge >= 0.3 is 0 Å². The van der Waals surface area contributed by atoms with Crippen LogP contribution in [0.15, 0.2) is 39.4 Å². The van der Waals surface area contributed by atoms with E-state index in [1.807, 2.05) is 18.2 Å². The van der Waals surface area contributed by atoms with Gasteiger partial charge in [-0.25, -0.2) is 4.98 Å². The highest BCUT2D eigenvalue weighted by molar-refractivity contribution is 5.82. The van der Waals surface area contributed by atoms with Crippen molar-refractivity contribution < 1.29 is 8.83 Å². The first-order chi connectivity index (χ1) is 9.78. The molecule has 0 spiro atoms. The lowest BCUT2D eigenvalue weighted by Gasteiger charge is -1.95. The molecule has 0 atom stereocenters. The van der Waals surface area contributed by atoms with Gasteiger partial charge in [-0.05, 0) is 38.0 Å². The minimum absolute atomic E-state index is 0.548. The lowest BCUT2D eigenvalue weighted by Crippen LogP contribution is -2.15. The third kappa shape index (κ3) is 2.23. The second-order valence-electron chi connectivity index (χ2n) is 5.45. The van der Waals surface area contributed by atoms with Gasteiger partial charge in [-0.3, -0.25) is 0 Å². The third-order valence-corrected chi connectivity index (χ3v) is 3.58. The molecule has 4 rings (SSSR count). The number of furan rings is 1. The topological polar surface area (TPSA) is 51.2 Å². The molecule has 102 valence electrons. The summed E-state index contributed by atoms with van der Waals surface area (Å²) >= 11 is 0. The zero-order chi connectivity index (χ0) is 13.5. The van der Waals surface area contributed by atoms with E-state index in [1.54, 1.807) is 6.26 Å². The molecule has 1 aromatic carbocycles. The molecule has 1 fully saturated rings. The van der Waals surface area contributed by atoms with Crippen LogP contribution in [0.1, 0.15) is 24.1 Å². The van der Waals surface area contributed by atoms with Crippen LogP contribution in [0.4, 0.5) is 0 Å². The molecule has 0 amide bonds. The van der Waals surface area contributed by atoms with Crippen molar-refractivity contribution in [2.75, 3.05) is 0 Å². The smallest absolute Gasteiger partial charge is 0.263 e. The van der Waals surface area contributed by atoms with Gasteiger partial charge in [-0.1, -0.05) is 11.6 Å². The van der Waals surface area contributed by atoms with Crippen LogP contribution in [0.25, 0.3) is 22.6 Å². The highest BCUT2D eigenvalue weighted by Crippen LogP contribution is 2.28. The third-order valence-electron chi connectivity index (χ3n) is 3.58. The molecule has 1 aliphatic rings. The van der Waals surface area contributed by atoms with E-state index < -0.39 is 0 Å². The SMILES string of the molecule is Cc1ccc2oc(-c3nc(CNC4CC4)co3)cc2c1. The van der Waals surface area contributed by atoms with Crippen LogP contribution in [-0.4, -0.2) is 11.0 Å². The van der Waals surface area contributed by atoms with Crippen LogP contribution in [0, 0.1) is 6.92 Å². The second kappa shape index (κ2) is 4.49. The molecule has 1 aliphatic carbocycles. The van der Waals surface area contributed by atoms with Gasteiger partial charge < -0.3 is 14.2 Å². The maximum absolute atomic E-state index is 5.78. The average Bonchev–Trinajstić information content (AvgIpc) is 2.99. The Labute approximate surface area is 116 Å². The van der Waals surface area contributed by atoms with E-state index in [9.17, 15) is 0 Å². The lowest BCUT2D eigenvalue weighted by atomic mass is 10.2. The Morgan fingerprint density at radius 3 is 3.05 bits per heavy atom. The summed E-state index contributed by atoms with van der Waals surface area (Å²) in [5, 5.41) is 4.50. The number of nitrogens with zero attached hydrogens (tertiary/aromatic N) is 1. The molecule has 4 heteroatoms. The van der Waals surface area contributed by atoms with Crippen LogP contribution in [0.5, 0.6) is 0 Å². The van der Waals surface area contributed by atoms with E-state index in [2.05, 4.69) is 23.3 Å². The van der Waals surface area contributed by atoms with Crippen molar-refractivity contribution in [3.8, 4) is 11.7 Å². The Bertz CT molecular complexity index is 753. The number of aromatic nitrogens is 1. The molecule has 0 bridgehead atoms. The number of oxazole rings is 1. The fraction of sp³-hybridized carbons (Fsp3) is 0.312. The second-order valence-corrected chi connectivity index (χ2v) is 5.45. The predicted molar refractivity (Wildman–Crippen MR) is 76.3 cm³/mol. The standard InChI is InChI=1S/C16H16N2O2/c1-10-2-5-14-11(6-10)7-15(20-14)16-18-13(9-19-16)8-17-12-3-4-12/h2,5-7,9,12,17H,3-4,8H2,1H3. The summed E-state index contributed by atoms with van der Waals surface area (Å²) in [4.78, 5) is 4.48. The van der Waals surface area contributed by atoms with Gasteiger partial charge in [-0.2, -0.15) is 0 Å². The molecule has 1 saturated carbocycles. The number of benzene rings is 1. The fourth-order valence-electron chi connectivity index (χ4n) is 2.31. The van der Waals surface area contributed by atoms with E-state index in [1.165, 1.54) is 18.4 Å². The highest BCUT2D eigenvalue weighted by Gasteiger charge is 2.21. The zero-order valence-electron chi connectivity index (χ0n) is 11.3. The largest absolute Gasteiger partial charge is 0.451 e. The van der Waals surface area contributed by atoms with Crippen molar-refractivity contribution in [2.24, 2.45) is 0 Å². The fourth-order valence-corrected chi connectivity index (χ4v) is 2.31. The van der Waals surface area contributed by atoms with Gasteiger partial charge in [0.2, 0.25) is 0 Å². The summed E-state index contributed by atoms with van der Waals surface area (Å²) in [6.07, 6.45) is 4.24. The van der Waals surface area contributed by atoms with Gasteiger partial charge in [0.05, 0.1) is 5.69 Å². The van der Waals surface area contributed by atoms with Gasteiger partial charge in [0, 0.05) is 18.0 Å². The molecular formula is C16H16N2O2. The molecule has 2 aromatic heterocycles. The van der Waals surface area contributed by atoms with Gasteiger partial charge in [-0.15, -0.1) is 0 Å². The van der Waals surface area contributed by atoms with Crippen LogP contribution >= 0.6 is 0 Å². The molecule has 20 heavy (non-hydrogen) atoms. The normalized spacial score (nSPS) is 15.1. The zero-order valence-corrected chi connectivity index (χ0v) is 11.3. The monoisotopic (exact) mass is 268 g/mol. The molecule has 2 heterocycles. The summed E-state index contributed by atoms with van der Waals surface area (Å²) in [6.45, 7) is 2.83. The Kier molecular flexibility index (Phi) is 2.63. The van der Waals surface area contributed by atoms with Crippen LogP contribution < -0.4 is 5.32 Å². The molecular weight excluding hydrogens is 252 g/mol. The Morgan fingerprint density at radius 2 is 2.20 bits per heavy atom. The van der Waals surface area contributed by atoms with E-state index >= 15 is 0 Å². The van der Waals surface area contributed by atoms with Crippen LogP contribution in [-0.2, 0) is 6.54 Å². The summed E-state index contributed by atoms with van der Waals surface area (Å²) in [5.74, 6) is 1.23. The first-order valence-electron chi connectivity index (χ1n) is 6.96. The maximum Gasteiger partial charge on any atom is 0.263 e. The maximum atomic E-state index is 5.78. The molecule has 3 aromatic rings. The number of hydrogen-bond acceptors (Lipinski definition) is 4. The molecule has 4 nitrogen and oxygen atoms in total. The van der Waals surface area contributed by atoms with Gasteiger partial charge in [0.15, 0.2) is 5.76 Å². The quantitative estimate of drug-likeness (QED) is 0.784. The van der Waals surface area contributed by atoms with Crippen LogP contribution in [0.3, 0.4) is 0 Å². The van der Waals surface area contributed by atoms with Crippen molar-refractivity contribution in [1.82, 2.24) is 10.3 Å². The van der Waals surface area contributed by atoms with Crippen molar-refractivity contribution in [3.05, 3.63) is 41.8 Å². The Morgan fingerprint density at radius 1 is 1.30 bits per heavy atom. The number of fused-ring (bicyclic) bond motifs is 1. The highest BCUT2D eigenvalue weighted by atomic mass is 16.4. The molecule has 1 N–H and O–H groups in total. The van der Waals surface area contributed by atoms with E-state index in [0.717, 1.165) is 23.2 Å². The van der Waals surface area contributed by atoms with Crippen LogP contribution in [0.2, 0.25) is 0 Å². The summed E-state index contributed by atoms with van der Waals surface area (Å²) in [5.41, 5.74) is 3.00. The van der Waals surface area contributed by atoms with Crippen molar-refractivity contribution in [2.45, 2.75) is 32.4 Å². The minimum Gasteiger partial charge on any atom is -0.451 e. The number of nitrogens with one attached hydrogen (secondary N) is 1. The Hall–Kier alpha value is -2.07. The first-order valence-corrected chi connectivity index (χ1v) is 6.96. The predicted octanol–water partition coefficient (Wildman–Crippen LogP) is 3.65. The molecule has 0 aliphatic heterocycles. The van der Waals surface area contributed by atoms with E-state index in [4.69, 9.17) is 8.83 Å². The number of rotatable bonds is 4. The minimum atomic E-state index is 0.548. The van der Waals surface area contributed by atoms with E-state index in [-0.39, 0.29) is 0 Å². The average molecular weight is 268 g/mol. The Balaban J connectivity index is 1.60.